The van der Waals surface area contributed by atoms with Crippen LogP contribution in [0.4, 0.5) is 0 Å². The monoisotopic (exact) mass is 345 g/mol. The lowest BCUT2D eigenvalue weighted by molar-refractivity contribution is 0.244. The molecule has 0 saturated carbocycles. The quantitative estimate of drug-likeness (QED) is 0.601. The van der Waals surface area contributed by atoms with E-state index in [-0.39, 0.29) is 0 Å². The van der Waals surface area contributed by atoms with Crippen LogP contribution in [-0.4, -0.2) is 28.5 Å². The van der Waals surface area contributed by atoms with Gasteiger partial charge >= 0.3 is 0 Å². The second-order valence-corrected chi connectivity index (χ2v) is 7.49. The van der Waals surface area contributed by atoms with Crippen molar-refractivity contribution in [2.24, 2.45) is 0 Å². The summed E-state index contributed by atoms with van der Waals surface area (Å²) in [5, 5.41) is 1.36. The Morgan fingerprint density at radius 3 is 2.69 bits per heavy atom. The average Bonchev–Trinajstić information content (AvgIpc) is 3.07. The summed E-state index contributed by atoms with van der Waals surface area (Å²) in [6.07, 6.45) is 13.9. The molecule has 3 aromatic rings. The fraction of sp³-hybridized carbons (Fsp3) is 0.348. The Morgan fingerprint density at radius 1 is 1.12 bits per heavy atom. The maximum atomic E-state index is 4.28. The van der Waals surface area contributed by atoms with E-state index in [0.717, 1.165) is 5.56 Å². The number of pyridine rings is 1. The maximum absolute atomic E-state index is 4.28. The van der Waals surface area contributed by atoms with Gasteiger partial charge in [-0.25, -0.2) is 0 Å². The summed E-state index contributed by atoms with van der Waals surface area (Å²) in [5.41, 5.74) is 6.61. The lowest BCUT2D eigenvalue weighted by atomic mass is 9.93. The topological polar surface area (TPSA) is 21.1 Å². The molecule has 1 aliphatic rings. The smallest absolute Gasteiger partial charge is 0.0831 e. The first-order valence-electron chi connectivity index (χ1n) is 9.56. The third kappa shape index (κ3) is 3.08. The largest absolute Gasteiger partial charge is 0.331 e. The van der Waals surface area contributed by atoms with Gasteiger partial charge in [-0.1, -0.05) is 24.3 Å². The molecule has 0 N–H and O–H groups in total. The van der Waals surface area contributed by atoms with Crippen molar-refractivity contribution in [1.82, 2.24) is 14.5 Å². The highest BCUT2D eigenvalue weighted by atomic mass is 15.2. The van der Waals surface area contributed by atoms with Gasteiger partial charge in [0.05, 0.1) is 11.7 Å². The van der Waals surface area contributed by atoms with Crippen molar-refractivity contribution in [1.29, 1.82) is 0 Å². The molecule has 3 heteroatoms. The van der Waals surface area contributed by atoms with Crippen LogP contribution in [0.2, 0.25) is 0 Å². The number of benzene rings is 1. The molecule has 0 saturated heterocycles. The fourth-order valence-electron chi connectivity index (χ4n) is 3.86. The molecule has 4 rings (SSSR count). The zero-order chi connectivity index (χ0) is 18.1. The number of aromatic nitrogens is 2. The summed E-state index contributed by atoms with van der Waals surface area (Å²) in [7, 11) is 4.28. The molecule has 2 aromatic heterocycles. The van der Waals surface area contributed by atoms with Gasteiger partial charge in [0.15, 0.2) is 0 Å². The Balaban J connectivity index is 1.90. The molecule has 0 aliphatic heterocycles. The minimum atomic E-state index is 0.305. The third-order valence-corrected chi connectivity index (χ3v) is 5.62. The molecule has 3 nitrogen and oxygen atoms in total. The van der Waals surface area contributed by atoms with Crippen molar-refractivity contribution in [2.45, 2.75) is 38.8 Å². The van der Waals surface area contributed by atoms with Gasteiger partial charge < -0.3 is 4.57 Å². The Labute approximate surface area is 156 Å². The van der Waals surface area contributed by atoms with Crippen LogP contribution in [-0.2, 0) is 0 Å². The first-order valence-corrected chi connectivity index (χ1v) is 9.56. The van der Waals surface area contributed by atoms with Crippen LogP contribution in [0.25, 0.3) is 27.6 Å². The van der Waals surface area contributed by atoms with Gasteiger partial charge in [-0.2, -0.15) is 0 Å². The molecular weight excluding hydrogens is 318 g/mol. The summed E-state index contributed by atoms with van der Waals surface area (Å²) >= 11 is 0. The molecule has 1 unspecified atom stereocenters. The van der Waals surface area contributed by atoms with Crippen LogP contribution in [0.3, 0.4) is 0 Å². The SMILES string of the molecule is CC(N(C)C)n1cc(C2=CCCCC2)c2ccc(-c3cccnc3)cc21. The first kappa shape index (κ1) is 17.0. The number of nitrogens with zero attached hydrogens (tertiary/aromatic N) is 3. The summed E-state index contributed by atoms with van der Waals surface area (Å²) in [6, 6.07) is 11.0. The van der Waals surface area contributed by atoms with E-state index >= 15 is 0 Å². The number of fused-ring (bicyclic) bond motifs is 1. The molecule has 1 aromatic carbocycles. The van der Waals surface area contributed by atoms with Gasteiger partial charge in [-0.15, -0.1) is 0 Å². The average molecular weight is 345 g/mol. The van der Waals surface area contributed by atoms with Crippen LogP contribution in [0, 0.1) is 0 Å². The predicted molar refractivity (Wildman–Crippen MR) is 110 cm³/mol. The molecule has 0 spiro atoms. The summed E-state index contributed by atoms with van der Waals surface area (Å²) < 4.78 is 2.42. The van der Waals surface area contributed by atoms with E-state index in [1.165, 1.54) is 53.3 Å². The lowest BCUT2D eigenvalue weighted by Gasteiger charge is -2.22. The summed E-state index contributed by atoms with van der Waals surface area (Å²) in [4.78, 5) is 6.54. The second kappa shape index (κ2) is 7.08. The third-order valence-electron chi connectivity index (χ3n) is 5.62. The molecule has 2 heterocycles. The Hall–Kier alpha value is -2.39. The van der Waals surface area contributed by atoms with Crippen LogP contribution in [0.15, 0.2) is 55.0 Å². The van der Waals surface area contributed by atoms with Crippen LogP contribution in [0.1, 0.15) is 44.3 Å². The van der Waals surface area contributed by atoms with E-state index in [9.17, 15) is 0 Å². The highest BCUT2D eigenvalue weighted by Crippen LogP contribution is 2.36. The van der Waals surface area contributed by atoms with Crippen LogP contribution < -0.4 is 0 Å². The normalized spacial score (nSPS) is 16.1. The van der Waals surface area contributed by atoms with Gasteiger partial charge in [0.1, 0.15) is 0 Å². The highest BCUT2D eigenvalue weighted by molar-refractivity contribution is 5.95. The molecule has 0 bridgehead atoms. The number of hydrogen-bond acceptors (Lipinski definition) is 2. The molecule has 1 atom stereocenters. The Kier molecular flexibility index (Phi) is 4.64. The van der Waals surface area contributed by atoms with E-state index in [1.54, 1.807) is 0 Å². The van der Waals surface area contributed by atoms with E-state index in [1.807, 2.05) is 18.5 Å². The zero-order valence-electron chi connectivity index (χ0n) is 15.9. The van der Waals surface area contributed by atoms with Gasteiger partial charge in [0, 0.05) is 35.1 Å². The molecule has 0 amide bonds. The van der Waals surface area contributed by atoms with Crippen molar-refractivity contribution in [3.8, 4) is 11.1 Å². The number of rotatable bonds is 4. The van der Waals surface area contributed by atoms with E-state index in [0.29, 0.717) is 6.17 Å². The van der Waals surface area contributed by atoms with Crippen molar-refractivity contribution in [3.63, 3.8) is 0 Å². The van der Waals surface area contributed by atoms with Gasteiger partial charge in [-0.3, -0.25) is 9.88 Å². The van der Waals surface area contributed by atoms with Gasteiger partial charge in [-0.05, 0) is 70.0 Å². The minimum Gasteiger partial charge on any atom is -0.331 e. The zero-order valence-corrected chi connectivity index (χ0v) is 15.9. The molecule has 0 radical (unpaired) electrons. The fourth-order valence-corrected chi connectivity index (χ4v) is 3.86. The molecule has 1 aliphatic carbocycles. The Morgan fingerprint density at radius 2 is 2.00 bits per heavy atom. The van der Waals surface area contributed by atoms with Crippen molar-refractivity contribution < 1.29 is 0 Å². The standard InChI is InChI=1S/C23H27N3/c1-17(25(2)3)26-16-22(18-8-5-4-6-9-18)21-12-11-19(14-23(21)26)20-10-7-13-24-15-20/h7-8,10-17H,4-6,9H2,1-3H3. The maximum Gasteiger partial charge on any atom is 0.0831 e. The van der Waals surface area contributed by atoms with Crippen molar-refractivity contribution in [3.05, 3.63) is 60.6 Å². The lowest BCUT2D eigenvalue weighted by Crippen LogP contribution is -2.22. The van der Waals surface area contributed by atoms with Gasteiger partial charge in [0.25, 0.3) is 0 Å². The minimum absolute atomic E-state index is 0.305. The van der Waals surface area contributed by atoms with Gasteiger partial charge in [0.2, 0.25) is 0 Å². The van der Waals surface area contributed by atoms with Crippen molar-refractivity contribution in [2.75, 3.05) is 14.1 Å². The Bertz CT molecular complexity index is 935. The van der Waals surface area contributed by atoms with E-state index < -0.39 is 0 Å². The molecule has 134 valence electrons. The highest BCUT2D eigenvalue weighted by Gasteiger charge is 2.18. The van der Waals surface area contributed by atoms with E-state index in [2.05, 4.69) is 72.0 Å². The van der Waals surface area contributed by atoms with E-state index in [4.69, 9.17) is 0 Å². The predicted octanol–water partition coefficient (Wildman–Crippen LogP) is 5.74. The number of hydrogen-bond donors (Lipinski definition) is 0. The second-order valence-electron chi connectivity index (χ2n) is 7.49. The van der Waals surface area contributed by atoms with Crippen LogP contribution in [0.5, 0.6) is 0 Å². The first-order chi connectivity index (χ1) is 12.6. The molecule has 26 heavy (non-hydrogen) atoms. The molecule has 0 fully saturated rings. The van der Waals surface area contributed by atoms with Crippen molar-refractivity contribution >= 4 is 16.5 Å². The summed E-state index contributed by atoms with van der Waals surface area (Å²) in [6.45, 7) is 2.26. The number of allylic oxidation sites excluding steroid dienone is 2. The van der Waals surface area contributed by atoms with Crippen LogP contribution >= 0.6 is 0 Å². The molecular formula is C23H27N3. The summed E-state index contributed by atoms with van der Waals surface area (Å²) in [5.74, 6) is 0.